The average Bonchev–Trinajstić information content (AvgIpc) is 3.06. The second kappa shape index (κ2) is 11.2. The van der Waals surface area contributed by atoms with Crippen LogP contribution in [0.1, 0.15) is 67.4 Å². The number of aromatic carboxylic acids is 1. The number of aryl methyl sites for hydroxylation is 1. The van der Waals surface area contributed by atoms with Gasteiger partial charge in [0, 0.05) is 28.9 Å². The number of carboxylic acids is 1. The molecule has 0 aromatic heterocycles. The molecule has 41 heavy (non-hydrogen) atoms. The fourth-order valence-corrected chi connectivity index (χ4v) is 7.33. The van der Waals surface area contributed by atoms with Crippen molar-refractivity contribution < 1.29 is 28.2 Å². The number of halogens is 1. The lowest BCUT2D eigenvalue weighted by atomic mass is 9.58. The number of anilines is 1. The summed E-state index contributed by atoms with van der Waals surface area (Å²) in [6.45, 7) is 5.38. The summed E-state index contributed by atoms with van der Waals surface area (Å²) in [5, 5.41) is 26.2. The van der Waals surface area contributed by atoms with Crippen molar-refractivity contribution in [3.8, 4) is 5.75 Å². The molecule has 2 aliphatic carbocycles. The molecule has 0 radical (unpaired) electrons. The third kappa shape index (κ3) is 5.87. The van der Waals surface area contributed by atoms with Crippen molar-refractivity contribution in [2.45, 2.75) is 69.1 Å². The first-order valence-corrected chi connectivity index (χ1v) is 16.2. The standard InChI is InChI=1S/C31H39ClN2O6S/c1-20(41(33,38)39)5-3-7-28(35)30(2)14-12-23(30)17-34-18-31(13-4-6-21-15-24(32)9-10-25(21)31)19-40-27-11-8-22(29(36)37)16-26(27)34/h3,7-11,15-16,20,23,28,35H,4-6,12-14,17-19H2,1-2H3,(H,36,37)(H2,33,38,39)/b7-3+/t20-,23-,28+,30+,31+/m1/s1. The molecule has 1 spiro atoms. The van der Waals surface area contributed by atoms with Crippen molar-refractivity contribution in [3.63, 3.8) is 0 Å². The van der Waals surface area contributed by atoms with E-state index in [1.54, 1.807) is 37.3 Å². The largest absolute Gasteiger partial charge is 0.490 e. The maximum atomic E-state index is 11.9. The summed E-state index contributed by atoms with van der Waals surface area (Å²) in [6, 6.07) is 11.1. The quantitative estimate of drug-likeness (QED) is 0.366. The lowest BCUT2D eigenvalue weighted by Gasteiger charge is -2.52. The van der Waals surface area contributed by atoms with Crippen LogP contribution < -0.4 is 14.8 Å². The number of carboxylic acid groups (broad SMARTS) is 1. The second-order valence-electron chi connectivity index (χ2n) is 12.3. The number of aliphatic hydroxyl groups is 1. The molecule has 1 saturated carbocycles. The lowest BCUT2D eigenvalue weighted by Crippen LogP contribution is -2.53. The molecule has 8 nitrogen and oxygen atoms in total. The van der Waals surface area contributed by atoms with E-state index in [0.29, 0.717) is 30.5 Å². The number of carbonyl (C=O) groups is 1. The number of rotatable bonds is 8. The topological polar surface area (TPSA) is 130 Å². The van der Waals surface area contributed by atoms with Gasteiger partial charge in [0.05, 0.1) is 29.2 Å². The molecule has 1 aliphatic heterocycles. The molecule has 0 amide bonds. The summed E-state index contributed by atoms with van der Waals surface area (Å²) >= 11 is 6.35. The van der Waals surface area contributed by atoms with Crippen molar-refractivity contribution >= 4 is 33.3 Å². The molecule has 0 unspecified atom stereocenters. The lowest BCUT2D eigenvalue weighted by molar-refractivity contribution is -0.0469. The summed E-state index contributed by atoms with van der Waals surface area (Å²) < 4.78 is 29.6. The van der Waals surface area contributed by atoms with Crippen LogP contribution in [0.3, 0.4) is 0 Å². The predicted octanol–water partition coefficient (Wildman–Crippen LogP) is 4.91. The Morgan fingerprint density at radius 1 is 1.27 bits per heavy atom. The number of allylic oxidation sites excluding steroid dienone is 1. The average molecular weight is 603 g/mol. The summed E-state index contributed by atoms with van der Waals surface area (Å²) in [4.78, 5) is 14.2. The maximum absolute atomic E-state index is 11.9. The number of nitrogens with zero attached hydrogens (tertiary/aromatic N) is 1. The Labute approximate surface area is 247 Å². The van der Waals surface area contributed by atoms with Gasteiger partial charge in [-0.25, -0.2) is 18.4 Å². The summed E-state index contributed by atoms with van der Waals surface area (Å²) in [5.74, 6) is -0.207. The van der Waals surface area contributed by atoms with Crippen LogP contribution in [0, 0.1) is 11.3 Å². The first kappa shape index (κ1) is 29.9. The van der Waals surface area contributed by atoms with Crippen molar-refractivity contribution in [2.75, 3.05) is 24.6 Å². The van der Waals surface area contributed by atoms with Gasteiger partial charge in [-0.3, -0.25) is 0 Å². The Balaban J connectivity index is 1.45. The van der Waals surface area contributed by atoms with E-state index < -0.39 is 32.8 Å². The van der Waals surface area contributed by atoms with E-state index >= 15 is 0 Å². The first-order valence-electron chi connectivity index (χ1n) is 14.2. The zero-order valence-electron chi connectivity index (χ0n) is 23.6. The Hall–Kier alpha value is -2.59. The molecule has 2 aromatic rings. The van der Waals surface area contributed by atoms with E-state index in [2.05, 4.69) is 17.9 Å². The second-order valence-corrected chi connectivity index (χ2v) is 14.8. The van der Waals surface area contributed by atoms with E-state index in [-0.39, 0.29) is 23.3 Å². The number of primary sulfonamides is 1. The van der Waals surface area contributed by atoms with Crippen LogP contribution in [0.5, 0.6) is 5.75 Å². The Kier molecular flexibility index (Phi) is 8.20. The highest BCUT2D eigenvalue weighted by Gasteiger charge is 2.49. The van der Waals surface area contributed by atoms with Crippen molar-refractivity contribution in [2.24, 2.45) is 16.5 Å². The third-order valence-electron chi connectivity index (χ3n) is 9.71. The van der Waals surface area contributed by atoms with Crippen molar-refractivity contribution in [3.05, 3.63) is 70.3 Å². The minimum Gasteiger partial charge on any atom is -0.490 e. The van der Waals surface area contributed by atoms with Crippen LogP contribution in [0.4, 0.5) is 5.69 Å². The highest BCUT2D eigenvalue weighted by molar-refractivity contribution is 7.89. The number of sulfonamides is 1. The van der Waals surface area contributed by atoms with Crippen LogP contribution in [0.2, 0.25) is 5.02 Å². The zero-order chi connectivity index (χ0) is 29.6. The zero-order valence-corrected chi connectivity index (χ0v) is 25.1. The molecular weight excluding hydrogens is 564 g/mol. The molecule has 1 heterocycles. The molecule has 1 fully saturated rings. The van der Waals surface area contributed by atoms with Gasteiger partial charge >= 0.3 is 5.97 Å². The SMILES string of the molecule is C[C@H](C/C=C/[C@H](O)[C@@]1(C)CC[C@@H]1CN1C[C@@]2(CCCc3cc(Cl)ccc32)COc2ccc(C(=O)O)cc21)S(N)(=O)=O. The van der Waals surface area contributed by atoms with Gasteiger partial charge in [0.1, 0.15) is 5.75 Å². The molecule has 5 atom stereocenters. The smallest absolute Gasteiger partial charge is 0.335 e. The van der Waals surface area contributed by atoms with Crippen molar-refractivity contribution in [1.29, 1.82) is 0 Å². The molecule has 4 N–H and O–H groups in total. The molecule has 5 rings (SSSR count). The fourth-order valence-electron chi connectivity index (χ4n) is 6.76. The Morgan fingerprint density at radius 2 is 2.05 bits per heavy atom. The first-order chi connectivity index (χ1) is 19.3. The van der Waals surface area contributed by atoms with Crippen LogP contribution in [0.25, 0.3) is 0 Å². The molecule has 0 saturated heterocycles. The number of ether oxygens (including phenoxy) is 1. The Bertz CT molecular complexity index is 1460. The van der Waals surface area contributed by atoms with Crippen LogP contribution in [-0.4, -0.2) is 55.7 Å². The van der Waals surface area contributed by atoms with Gasteiger partial charge < -0.3 is 19.8 Å². The molecule has 0 bridgehead atoms. The minimum absolute atomic E-state index is 0.127. The van der Waals surface area contributed by atoms with Gasteiger partial charge in [0.15, 0.2) is 0 Å². The maximum Gasteiger partial charge on any atom is 0.335 e. The molecule has 3 aliphatic rings. The van der Waals surface area contributed by atoms with E-state index in [1.807, 2.05) is 12.1 Å². The highest BCUT2D eigenvalue weighted by Crippen LogP contribution is 2.52. The van der Waals surface area contributed by atoms with E-state index in [1.165, 1.54) is 11.1 Å². The number of aliphatic hydroxyl groups excluding tert-OH is 1. The number of hydrogen-bond acceptors (Lipinski definition) is 6. The normalized spacial score (nSPS) is 27.3. The van der Waals surface area contributed by atoms with Gasteiger partial charge in [-0.2, -0.15) is 0 Å². The van der Waals surface area contributed by atoms with Crippen LogP contribution in [-0.2, 0) is 21.9 Å². The van der Waals surface area contributed by atoms with Gasteiger partial charge in [-0.1, -0.05) is 36.7 Å². The Morgan fingerprint density at radius 3 is 2.73 bits per heavy atom. The van der Waals surface area contributed by atoms with Crippen molar-refractivity contribution in [1.82, 2.24) is 0 Å². The van der Waals surface area contributed by atoms with E-state index in [0.717, 1.165) is 37.8 Å². The van der Waals surface area contributed by atoms with Crippen LogP contribution >= 0.6 is 11.6 Å². The molecule has 222 valence electrons. The molecular formula is C31H39ClN2O6S. The van der Waals surface area contributed by atoms with Crippen LogP contribution in [0.15, 0.2) is 48.6 Å². The summed E-state index contributed by atoms with van der Waals surface area (Å²) in [7, 11) is -3.64. The monoisotopic (exact) mass is 602 g/mol. The van der Waals surface area contributed by atoms with Gasteiger partial charge in [-0.15, -0.1) is 0 Å². The number of hydrogen-bond donors (Lipinski definition) is 3. The van der Waals surface area contributed by atoms with E-state index in [4.69, 9.17) is 21.5 Å². The highest BCUT2D eigenvalue weighted by atomic mass is 35.5. The summed E-state index contributed by atoms with van der Waals surface area (Å²) in [6.07, 6.45) is 7.51. The third-order valence-corrected chi connectivity index (χ3v) is 11.3. The van der Waals surface area contributed by atoms with Gasteiger partial charge in [-0.05, 0) is 92.8 Å². The van der Waals surface area contributed by atoms with E-state index in [9.17, 15) is 23.4 Å². The number of nitrogens with two attached hydrogens (primary N) is 1. The minimum atomic E-state index is -3.64. The fraction of sp³-hybridized carbons (Fsp3) is 0.516. The van der Waals surface area contributed by atoms with Gasteiger partial charge in [0.2, 0.25) is 10.0 Å². The molecule has 2 aromatic carbocycles. The summed E-state index contributed by atoms with van der Waals surface area (Å²) in [5.41, 5.74) is 2.71. The van der Waals surface area contributed by atoms with Gasteiger partial charge in [0.25, 0.3) is 0 Å². The number of fused-ring (bicyclic) bond motifs is 3. The number of benzene rings is 2. The molecule has 10 heteroatoms. The predicted molar refractivity (Wildman–Crippen MR) is 160 cm³/mol.